The molecule has 3 aromatic heterocycles. The highest BCUT2D eigenvalue weighted by Gasteiger charge is 2.20. The summed E-state index contributed by atoms with van der Waals surface area (Å²) in [6.07, 6.45) is 0. The van der Waals surface area contributed by atoms with E-state index in [0.29, 0.717) is 17.5 Å². The predicted octanol–water partition coefficient (Wildman–Crippen LogP) is 11.5. The number of furan rings is 1. The zero-order valence-corrected chi connectivity index (χ0v) is 26.9. The van der Waals surface area contributed by atoms with Crippen molar-refractivity contribution >= 4 is 43.7 Å². The number of nitrogens with zero attached hydrogens (tertiary/aromatic N) is 4. The lowest BCUT2D eigenvalue weighted by molar-refractivity contribution is 0.669. The first-order valence-electron chi connectivity index (χ1n) is 16.7. The highest BCUT2D eigenvalue weighted by Crippen LogP contribution is 2.40. The van der Waals surface area contributed by atoms with Crippen LogP contribution in [-0.4, -0.2) is 19.5 Å². The summed E-state index contributed by atoms with van der Waals surface area (Å²) >= 11 is 0. The molecule has 5 heteroatoms. The molecule has 7 aromatic carbocycles. The summed E-state index contributed by atoms with van der Waals surface area (Å²) in [7, 11) is 0. The quantitative estimate of drug-likeness (QED) is 0.188. The molecular weight excluding hydrogens is 613 g/mol. The molecule has 0 unspecified atom stereocenters. The Morgan fingerprint density at radius 3 is 1.72 bits per heavy atom. The van der Waals surface area contributed by atoms with Gasteiger partial charge in [0.15, 0.2) is 17.5 Å². The van der Waals surface area contributed by atoms with Crippen molar-refractivity contribution in [2.75, 3.05) is 0 Å². The number of benzene rings is 7. The SMILES string of the molecule is c1ccc(-c2ccc3c4ccccc4n(-c4ccc5oc6cccc(-c7nc(-c8ccccc8)nc(-c8ccccc8)n7)c6c5c4)c3c2)cc1. The number of hydrogen-bond donors (Lipinski definition) is 0. The van der Waals surface area contributed by atoms with Crippen molar-refractivity contribution in [2.45, 2.75) is 0 Å². The fourth-order valence-electron chi connectivity index (χ4n) is 7.13. The molecule has 0 spiro atoms. The van der Waals surface area contributed by atoms with Gasteiger partial charge in [-0.25, -0.2) is 15.0 Å². The Balaban J connectivity index is 1.21. The Labute approximate surface area is 287 Å². The lowest BCUT2D eigenvalue weighted by Crippen LogP contribution is -2.00. The fourth-order valence-corrected chi connectivity index (χ4v) is 7.13. The van der Waals surface area contributed by atoms with Gasteiger partial charge in [-0.2, -0.15) is 0 Å². The summed E-state index contributed by atoms with van der Waals surface area (Å²) in [6, 6.07) is 58.6. The first-order valence-corrected chi connectivity index (χ1v) is 16.7. The molecule has 0 atom stereocenters. The molecule has 0 N–H and O–H groups in total. The number of hydrogen-bond acceptors (Lipinski definition) is 4. The van der Waals surface area contributed by atoms with E-state index in [-0.39, 0.29) is 0 Å². The predicted molar refractivity (Wildman–Crippen MR) is 203 cm³/mol. The largest absolute Gasteiger partial charge is 0.456 e. The van der Waals surface area contributed by atoms with Crippen molar-refractivity contribution in [3.63, 3.8) is 0 Å². The summed E-state index contributed by atoms with van der Waals surface area (Å²) < 4.78 is 8.85. The van der Waals surface area contributed by atoms with E-state index in [1.54, 1.807) is 0 Å². The minimum atomic E-state index is 0.598. The highest BCUT2D eigenvalue weighted by atomic mass is 16.3. The summed E-state index contributed by atoms with van der Waals surface area (Å²) in [5.41, 5.74) is 10.1. The van der Waals surface area contributed by atoms with Gasteiger partial charge in [0.05, 0.1) is 11.0 Å². The summed E-state index contributed by atoms with van der Waals surface area (Å²) in [4.78, 5) is 15.0. The summed E-state index contributed by atoms with van der Waals surface area (Å²) in [5, 5.41) is 4.40. The maximum Gasteiger partial charge on any atom is 0.164 e. The van der Waals surface area contributed by atoms with Crippen LogP contribution >= 0.6 is 0 Å². The van der Waals surface area contributed by atoms with Crippen molar-refractivity contribution in [2.24, 2.45) is 0 Å². The van der Waals surface area contributed by atoms with E-state index in [0.717, 1.165) is 55.3 Å². The molecule has 0 aliphatic heterocycles. The van der Waals surface area contributed by atoms with Gasteiger partial charge in [-0.3, -0.25) is 0 Å². The molecule has 0 aliphatic carbocycles. The van der Waals surface area contributed by atoms with Gasteiger partial charge < -0.3 is 8.98 Å². The molecule has 234 valence electrons. The van der Waals surface area contributed by atoms with Crippen LogP contribution in [0.4, 0.5) is 0 Å². The van der Waals surface area contributed by atoms with Crippen LogP contribution in [0.15, 0.2) is 174 Å². The third-order valence-corrected chi connectivity index (χ3v) is 9.46. The molecule has 0 saturated carbocycles. The minimum absolute atomic E-state index is 0.598. The van der Waals surface area contributed by atoms with Crippen LogP contribution in [0.3, 0.4) is 0 Å². The van der Waals surface area contributed by atoms with Crippen molar-refractivity contribution in [1.29, 1.82) is 0 Å². The van der Waals surface area contributed by atoms with E-state index >= 15 is 0 Å². The minimum Gasteiger partial charge on any atom is -0.456 e. The maximum absolute atomic E-state index is 6.49. The molecule has 10 rings (SSSR count). The molecule has 5 nitrogen and oxygen atoms in total. The lowest BCUT2D eigenvalue weighted by Gasteiger charge is -2.10. The van der Waals surface area contributed by atoms with Crippen LogP contribution in [0.25, 0.3) is 94.7 Å². The standard InChI is InChI=1S/C45H28N4O/c1-4-13-29(14-5-1)32-23-25-35-34-19-10-11-21-38(34)49(39(35)27-32)33-24-26-40-37(28-33)42-36(20-12-22-41(42)50-40)45-47-43(30-15-6-2-7-16-30)46-44(48-45)31-17-8-3-9-18-31/h1-28H. The first-order chi connectivity index (χ1) is 24.8. The van der Waals surface area contributed by atoms with Crippen LogP contribution in [-0.2, 0) is 0 Å². The molecule has 10 aromatic rings. The Hall–Kier alpha value is -6.85. The van der Waals surface area contributed by atoms with Crippen LogP contribution < -0.4 is 0 Å². The summed E-state index contributed by atoms with van der Waals surface area (Å²) in [5.74, 6) is 1.85. The van der Waals surface area contributed by atoms with Gasteiger partial charge >= 0.3 is 0 Å². The van der Waals surface area contributed by atoms with Gasteiger partial charge in [0.2, 0.25) is 0 Å². The normalized spacial score (nSPS) is 11.6. The van der Waals surface area contributed by atoms with E-state index in [1.165, 1.54) is 21.9 Å². The van der Waals surface area contributed by atoms with Gasteiger partial charge in [-0.1, -0.05) is 133 Å². The second-order valence-electron chi connectivity index (χ2n) is 12.5. The average Bonchev–Trinajstić information content (AvgIpc) is 3.74. The second-order valence-corrected chi connectivity index (χ2v) is 12.5. The van der Waals surface area contributed by atoms with E-state index in [9.17, 15) is 0 Å². The molecule has 0 amide bonds. The Morgan fingerprint density at radius 2 is 1.00 bits per heavy atom. The molecule has 3 heterocycles. The molecular formula is C45H28N4O. The Kier molecular flexibility index (Phi) is 6.42. The van der Waals surface area contributed by atoms with E-state index in [2.05, 4.69) is 102 Å². The first kappa shape index (κ1) is 28.2. The molecule has 0 radical (unpaired) electrons. The fraction of sp³-hybridized carbons (Fsp3) is 0. The zero-order valence-electron chi connectivity index (χ0n) is 26.9. The smallest absolute Gasteiger partial charge is 0.164 e. The topological polar surface area (TPSA) is 56.7 Å². The van der Waals surface area contributed by atoms with Crippen LogP contribution in [0, 0.1) is 0 Å². The van der Waals surface area contributed by atoms with Crippen molar-refractivity contribution in [3.05, 3.63) is 170 Å². The van der Waals surface area contributed by atoms with Gasteiger partial charge in [0.25, 0.3) is 0 Å². The number of rotatable bonds is 5. The van der Waals surface area contributed by atoms with E-state index < -0.39 is 0 Å². The van der Waals surface area contributed by atoms with Crippen molar-refractivity contribution in [1.82, 2.24) is 19.5 Å². The van der Waals surface area contributed by atoms with Crippen LogP contribution in [0.5, 0.6) is 0 Å². The summed E-state index contributed by atoms with van der Waals surface area (Å²) in [6.45, 7) is 0. The Bertz CT molecular complexity index is 2800. The molecule has 0 bridgehead atoms. The van der Waals surface area contributed by atoms with E-state index in [4.69, 9.17) is 19.4 Å². The molecule has 0 saturated heterocycles. The molecule has 0 aliphatic rings. The molecule has 0 fully saturated rings. The second kappa shape index (κ2) is 11.4. The zero-order chi connectivity index (χ0) is 33.0. The van der Waals surface area contributed by atoms with Gasteiger partial charge in [-0.05, 0) is 47.5 Å². The van der Waals surface area contributed by atoms with Crippen LogP contribution in [0.1, 0.15) is 0 Å². The monoisotopic (exact) mass is 640 g/mol. The highest BCUT2D eigenvalue weighted by molar-refractivity contribution is 6.14. The number of aromatic nitrogens is 4. The lowest BCUT2D eigenvalue weighted by atomic mass is 10.0. The van der Waals surface area contributed by atoms with Gasteiger partial charge in [0, 0.05) is 43.9 Å². The van der Waals surface area contributed by atoms with E-state index in [1.807, 2.05) is 72.8 Å². The molecule has 50 heavy (non-hydrogen) atoms. The van der Waals surface area contributed by atoms with Crippen molar-refractivity contribution in [3.8, 4) is 51.0 Å². The Morgan fingerprint density at radius 1 is 0.380 bits per heavy atom. The van der Waals surface area contributed by atoms with Crippen molar-refractivity contribution < 1.29 is 4.42 Å². The van der Waals surface area contributed by atoms with Crippen LogP contribution in [0.2, 0.25) is 0 Å². The number of fused-ring (bicyclic) bond motifs is 6. The number of para-hydroxylation sites is 1. The average molecular weight is 641 g/mol. The third kappa shape index (κ3) is 4.60. The van der Waals surface area contributed by atoms with Gasteiger partial charge in [-0.15, -0.1) is 0 Å². The van der Waals surface area contributed by atoms with Gasteiger partial charge in [0.1, 0.15) is 11.2 Å². The maximum atomic E-state index is 6.49. The third-order valence-electron chi connectivity index (χ3n) is 9.46.